The first-order chi connectivity index (χ1) is 31.4. The normalized spacial score (nSPS) is 16.7. The van der Waals surface area contributed by atoms with Gasteiger partial charge in [-0.15, -0.1) is 0 Å². The summed E-state index contributed by atoms with van der Waals surface area (Å²) in [7, 11) is 1.44. The molecule has 5 rings (SSSR count). The number of nitrogens with one attached hydrogen (secondary N) is 4. The van der Waals surface area contributed by atoms with E-state index < -0.39 is 53.7 Å². The van der Waals surface area contributed by atoms with E-state index in [2.05, 4.69) is 66.3 Å². The number of hydrogen-bond acceptors (Lipinski definition) is 11. The molecule has 4 aromatic carbocycles. The lowest BCUT2D eigenvalue weighted by molar-refractivity contribution is -0.141. The Balaban J connectivity index is 1.57. The second-order valence-corrected chi connectivity index (χ2v) is 17.5. The summed E-state index contributed by atoms with van der Waals surface area (Å²) >= 11 is 0. The van der Waals surface area contributed by atoms with Gasteiger partial charge in [-0.3, -0.25) is 24.0 Å². The summed E-state index contributed by atoms with van der Waals surface area (Å²) in [5.74, 6) is -2.35. The monoisotopic (exact) mass is 901 g/mol. The van der Waals surface area contributed by atoms with E-state index in [4.69, 9.17) is 26.7 Å². The number of nitrogens with two attached hydrogens (primary N) is 3. The third-order valence-corrected chi connectivity index (χ3v) is 11.5. The molecule has 66 heavy (non-hydrogen) atoms. The van der Waals surface area contributed by atoms with Gasteiger partial charge in [0.25, 0.3) is 5.91 Å². The fourth-order valence-electron chi connectivity index (χ4n) is 8.01. The van der Waals surface area contributed by atoms with E-state index >= 15 is 0 Å². The van der Waals surface area contributed by atoms with E-state index in [1.807, 2.05) is 32.0 Å². The highest BCUT2D eigenvalue weighted by atomic mass is 16.5. The number of amides is 5. The zero-order chi connectivity index (χ0) is 48.3. The van der Waals surface area contributed by atoms with Crippen molar-refractivity contribution in [3.05, 3.63) is 106 Å². The molecule has 0 spiro atoms. The van der Waals surface area contributed by atoms with Crippen molar-refractivity contribution in [1.82, 2.24) is 26.2 Å². The minimum Gasteiger partial charge on any atom is -0.492 e. The van der Waals surface area contributed by atoms with Crippen molar-refractivity contribution < 1.29 is 33.4 Å². The molecule has 16 heteroatoms. The first-order valence-corrected chi connectivity index (χ1v) is 22.1. The van der Waals surface area contributed by atoms with Crippen molar-refractivity contribution in [2.45, 2.75) is 84.0 Å². The largest absolute Gasteiger partial charge is 0.492 e. The van der Waals surface area contributed by atoms with Crippen LogP contribution in [0.5, 0.6) is 11.5 Å². The lowest BCUT2D eigenvalue weighted by atomic mass is 9.86. The molecule has 0 radical (unpaired) electrons. The van der Waals surface area contributed by atoms with Crippen LogP contribution < -0.4 is 47.9 Å². The van der Waals surface area contributed by atoms with Crippen LogP contribution in [0, 0.1) is 25.2 Å². The van der Waals surface area contributed by atoms with E-state index in [1.54, 1.807) is 36.4 Å². The lowest BCUT2D eigenvalue weighted by Gasteiger charge is -2.32. The SMILES string of the molecule is Cc1cc(-c2ccc(C(C)(C)C)cc2)cc(C)c1C(=O)NC(CCN)C(=O)N(C)C1C(=O)NC(C)C(=O)NC(C(=O)NCC#N)Cc2ccc(OCCN)c(c2)-c2cc1ccc2OCCN. The van der Waals surface area contributed by atoms with Gasteiger partial charge in [0.1, 0.15) is 55.4 Å². The van der Waals surface area contributed by atoms with E-state index in [-0.39, 0.29) is 57.6 Å². The van der Waals surface area contributed by atoms with E-state index in [9.17, 15) is 29.2 Å². The van der Waals surface area contributed by atoms with E-state index in [0.717, 1.165) is 11.1 Å². The first kappa shape index (κ1) is 50.2. The number of benzene rings is 4. The molecule has 4 atom stereocenters. The molecule has 4 aromatic rings. The number of nitrogens with zero attached hydrogens (tertiary/aromatic N) is 2. The third-order valence-electron chi connectivity index (χ3n) is 11.5. The number of carbonyl (C=O) groups is 5. The molecule has 0 aromatic heterocycles. The van der Waals surface area contributed by atoms with Crippen LogP contribution in [0.4, 0.5) is 0 Å². The number of likely N-dealkylation sites (N-methyl/N-ethyl adjacent to an activating group) is 1. The van der Waals surface area contributed by atoms with Gasteiger partial charge in [0, 0.05) is 43.2 Å². The fourth-order valence-corrected chi connectivity index (χ4v) is 8.01. The number of aryl methyl sites for hydroxylation is 2. The number of carbonyl (C=O) groups excluding carboxylic acids is 5. The Labute approximate surface area is 386 Å². The van der Waals surface area contributed by atoms with Gasteiger partial charge in [-0.1, -0.05) is 69.3 Å². The van der Waals surface area contributed by atoms with Gasteiger partial charge in [-0.25, -0.2) is 0 Å². The number of fused-ring (bicyclic) bond motifs is 5. The summed E-state index contributed by atoms with van der Waals surface area (Å²) in [5, 5.41) is 20.0. The number of nitriles is 1. The van der Waals surface area contributed by atoms with Gasteiger partial charge < -0.3 is 52.8 Å². The third kappa shape index (κ3) is 12.1. The van der Waals surface area contributed by atoms with Crippen molar-refractivity contribution in [1.29, 1.82) is 5.26 Å². The molecule has 4 bridgehead atoms. The summed E-state index contributed by atoms with van der Waals surface area (Å²) < 4.78 is 12.2. The molecule has 0 saturated carbocycles. The predicted molar refractivity (Wildman–Crippen MR) is 253 cm³/mol. The van der Waals surface area contributed by atoms with Crippen LogP contribution >= 0.6 is 0 Å². The predicted octanol–water partition coefficient (Wildman–Crippen LogP) is 3.44. The molecule has 350 valence electrons. The summed E-state index contributed by atoms with van der Waals surface area (Å²) in [4.78, 5) is 71.9. The van der Waals surface area contributed by atoms with Crippen molar-refractivity contribution in [3.8, 4) is 39.8 Å². The summed E-state index contributed by atoms with van der Waals surface area (Å²) in [6.07, 6.45) is 0.0502. The van der Waals surface area contributed by atoms with Gasteiger partial charge in [-0.05, 0) is 102 Å². The standard InChI is InChI=1S/C50H63N9O7/c1-29-24-35(33-9-12-36(13-10-33)50(4,5)6)25-30(2)43(29)47(62)57-39(16-17-51)49(64)59(7)44-34-11-15-42(66-23-20-54)38(28-34)37-26-32(8-14-41(37)65-22-19-53)27-40(46(61)55-21-18-52)58-45(60)31(3)56-48(44)63/h8-15,24-26,28,31,39-40,44H,16-17,19-23,27,51,53-54H2,1-7H3,(H,55,61)(H,56,63)(H,57,62)(H,58,60). The summed E-state index contributed by atoms with van der Waals surface area (Å²) in [5.41, 5.74) is 24.6. The molecule has 10 N–H and O–H groups in total. The summed E-state index contributed by atoms with van der Waals surface area (Å²) in [6, 6.07) is 19.4. The fraction of sp³-hybridized carbons (Fsp3) is 0.400. The molecule has 0 aliphatic carbocycles. The Bertz CT molecular complexity index is 2440. The molecule has 1 heterocycles. The van der Waals surface area contributed by atoms with Crippen LogP contribution in [0.3, 0.4) is 0 Å². The maximum absolute atomic E-state index is 14.8. The molecular formula is C50H63N9O7. The maximum atomic E-state index is 14.8. The van der Waals surface area contributed by atoms with Crippen molar-refractivity contribution in [2.75, 3.05) is 46.4 Å². The Morgan fingerprint density at radius 1 is 0.833 bits per heavy atom. The minimum atomic E-state index is -1.38. The quantitative estimate of drug-likeness (QED) is 0.0851. The Morgan fingerprint density at radius 2 is 1.44 bits per heavy atom. The van der Waals surface area contributed by atoms with Crippen LogP contribution in [0.2, 0.25) is 0 Å². The molecular weight excluding hydrogens is 839 g/mol. The van der Waals surface area contributed by atoms with Gasteiger partial charge in [0.15, 0.2) is 0 Å². The second kappa shape index (κ2) is 22.4. The Hall–Kier alpha value is -6.80. The average molecular weight is 902 g/mol. The summed E-state index contributed by atoms with van der Waals surface area (Å²) in [6.45, 7) is 12.0. The van der Waals surface area contributed by atoms with Crippen LogP contribution in [-0.4, -0.2) is 99.0 Å². The highest BCUT2D eigenvalue weighted by Gasteiger charge is 2.36. The van der Waals surface area contributed by atoms with Crippen LogP contribution in [-0.2, 0) is 31.0 Å². The van der Waals surface area contributed by atoms with Gasteiger partial charge in [-0.2, -0.15) is 5.26 Å². The van der Waals surface area contributed by atoms with Crippen molar-refractivity contribution in [2.24, 2.45) is 17.2 Å². The van der Waals surface area contributed by atoms with Crippen LogP contribution in [0.25, 0.3) is 22.3 Å². The zero-order valence-corrected chi connectivity index (χ0v) is 38.9. The van der Waals surface area contributed by atoms with E-state index in [0.29, 0.717) is 50.4 Å². The number of hydrogen-bond donors (Lipinski definition) is 7. The molecule has 16 nitrogen and oxygen atoms in total. The molecule has 0 fully saturated rings. The minimum absolute atomic E-state index is 0.00323. The van der Waals surface area contributed by atoms with E-state index in [1.165, 1.54) is 24.4 Å². The highest BCUT2D eigenvalue weighted by Crippen LogP contribution is 2.40. The molecule has 4 unspecified atom stereocenters. The molecule has 1 aliphatic rings. The van der Waals surface area contributed by atoms with Gasteiger partial charge in [0.2, 0.25) is 23.6 Å². The Kier molecular flexibility index (Phi) is 17.0. The smallest absolute Gasteiger partial charge is 0.252 e. The number of rotatable bonds is 15. The highest BCUT2D eigenvalue weighted by molar-refractivity contribution is 6.01. The zero-order valence-electron chi connectivity index (χ0n) is 38.9. The van der Waals surface area contributed by atoms with Crippen molar-refractivity contribution in [3.63, 3.8) is 0 Å². The maximum Gasteiger partial charge on any atom is 0.252 e. The molecule has 1 aliphatic heterocycles. The van der Waals surface area contributed by atoms with Gasteiger partial charge >= 0.3 is 0 Å². The van der Waals surface area contributed by atoms with Crippen LogP contribution in [0.1, 0.15) is 78.3 Å². The second-order valence-electron chi connectivity index (χ2n) is 17.5. The van der Waals surface area contributed by atoms with Gasteiger partial charge in [0.05, 0.1) is 6.07 Å². The first-order valence-electron chi connectivity index (χ1n) is 22.1. The average Bonchev–Trinajstić information content (AvgIpc) is 3.28. The van der Waals surface area contributed by atoms with Crippen LogP contribution in [0.15, 0.2) is 72.8 Å². The van der Waals surface area contributed by atoms with Crippen molar-refractivity contribution >= 4 is 29.5 Å². The lowest BCUT2D eigenvalue weighted by Crippen LogP contribution is -2.56. The molecule has 0 saturated heterocycles. The Morgan fingerprint density at radius 3 is 2.02 bits per heavy atom. The topological polar surface area (TPSA) is 257 Å². The molecule has 5 amide bonds. The number of ether oxygens (including phenoxy) is 2.